The minimum absolute atomic E-state index is 0.842. The summed E-state index contributed by atoms with van der Waals surface area (Å²) in [6, 6.07) is 0. The summed E-state index contributed by atoms with van der Waals surface area (Å²) in [5.74, 6) is 0.842. The molecule has 0 saturated carbocycles. The van der Waals surface area contributed by atoms with Gasteiger partial charge < -0.3 is 0 Å². The molecule has 0 unspecified atom stereocenters. The molecule has 0 bridgehead atoms. The maximum Gasteiger partial charge on any atom is 0.0507 e. The van der Waals surface area contributed by atoms with Gasteiger partial charge in [0.2, 0.25) is 0 Å². The Balaban J connectivity index is 1.76. The predicted molar refractivity (Wildman–Crippen MR) is 118 cm³/mol. The molecule has 156 valence electrons. The lowest BCUT2D eigenvalue weighted by molar-refractivity contribution is 0.233. The minimum Gasteiger partial charge on any atom is -0.289 e. The summed E-state index contributed by atoms with van der Waals surface area (Å²) in [6.45, 7) is 13.4. The van der Waals surface area contributed by atoms with Crippen molar-refractivity contribution in [1.29, 1.82) is 0 Å². The third-order valence-electron chi connectivity index (χ3n) is 5.98. The van der Waals surface area contributed by atoms with Crippen LogP contribution in [0, 0.1) is 5.92 Å². The second-order valence-corrected chi connectivity index (χ2v) is 9.16. The molecule has 2 heteroatoms. The molecule has 0 aliphatic carbocycles. The van der Waals surface area contributed by atoms with Gasteiger partial charge in [0.25, 0.3) is 0 Å². The fraction of sp³-hybridized carbons (Fsp3) is 1.00. The molecule has 0 N–H and O–H groups in total. The molecular weight excluding hydrogens is 316 g/mol. The van der Waals surface area contributed by atoms with Crippen molar-refractivity contribution < 1.29 is 0 Å². The normalized spacial score (nSPS) is 16.2. The molecule has 1 heterocycles. The van der Waals surface area contributed by atoms with Crippen LogP contribution in [0.3, 0.4) is 0 Å². The molecule has 1 aliphatic rings. The lowest BCUT2D eigenvalue weighted by Gasteiger charge is -2.18. The first-order valence-corrected chi connectivity index (χ1v) is 12.2. The Kier molecular flexibility index (Phi) is 15.7. The van der Waals surface area contributed by atoms with Crippen molar-refractivity contribution in [3.05, 3.63) is 0 Å². The van der Waals surface area contributed by atoms with Gasteiger partial charge >= 0.3 is 0 Å². The van der Waals surface area contributed by atoms with Crippen molar-refractivity contribution in [1.82, 2.24) is 9.80 Å². The quantitative estimate of drug-likeness (QED) is 0.239. The lowest BCUT2D eigenvalue weighted by atomic mass is 10.0. The SMILES string of the molecule is CCCCCCCCCCCCCCCCN1CCN(CCC(C)C)C1. The molecular formula is C24H50N2. The number of rotatable bonds is 18. The van der Waals surface area contributed by atoms with E-state index in [2.05, 4.69) is 30.6 Å². The Labute approximate surface area is 166 Å². The van der Waals surface area contributed by atoms with Crippen LogP contribution in [-0.4, -0.2) is 42.6 Å². The lowest BCUT2D eigenvalue weighted by Crippen LogP contribution is -2.27. The second-order valence-electron chi connectivity index (χ2n) is 9.16. The third kappa shape index (κ3) is 14.0. The zero-order valence-corrected chi connectivity index (χ0v) is 18.6. The summed E-state index contributed by atoms with van der Waals surface area (Å²) in [5, 5.41) is 0. The van der Waals surface area contributed by atoms with Gasteiger partial charge in [0.15, 0.2) is 0 Å². The monoisotopic (exact) mass is 366 g/mol. The van der Waals surface area contributed by atoms with Gasteiger partial charge in [0.1, 0.15) is 0 Å². The summed E-state index contributed by atoms with van der Waals surface area (Å²) >= 11 is 0. The van der Waals surface area contributed by atoms with Gasteiger partial charge in [-0.1, -0.05) is 104 Å². The second kappa shape index (κ2) is 17.0. The van der Waals surface area contributed by atoms with E-state index in [4.69, 9.17) is 0 Å². The van der Waals surface area contributed by atoms with Crippen molar-refractivity contribution in [2.45, 2.75) is 117 Å². The van der Waals surface area contributed by atoms with E-state index in [-0.39, 0.29) is 0 Å². The van der Waals surface area contributed by atoms with Crippen LogP contribution in [0.1, 0.15) is 117 Å². The fourth-order valence-electron chi connectivity index (χ4n) is 4.04. The molecule has 0 amide bonds. The Morgan fingerprint density at radius 1 is 0.577 bits per heavy atom. The maximum absolute atomic E-state index is 2.67. The summed E-state index contributed by atoms with van der Waals surface area (Å²) < 4.78 is 0. The summed E-state index contributed by atoms with van der Waals surface area (Å²) in [7, 11) is 0. The van der Waals surface area contributed by atoms with Crippen molar-refractivity contribution in [3.63, 3.8) is 0 Å². The molecule has 0 aromatic carbocycles. The summed E-state index contributed by atoms with van der Waals surface area (Å²) in [4.78, 5) is 5.31. The smallest absolute Gasteiger partial charge is 0.0507 e. The van der Waals surface area contributed by atoms with Crippen LogP contribution >= 0.6 is 0 Å². The Morgan fingerprint density at radius 2 is 1.00 bits per heavy atom. The number of hydrogen-bond acceptors (Lipinski definition) is 2. The molecule has 0 aromatic rings. The molecule has 1 saturated heterocycles. The van der Waals surface area contributed by atoms with Gasteiger partial charge in [-0.3, -0.25) is 9.80 Å². The van der Waals surface area contributed by atoms with Crippen molar-refractivity contribution in [2.24, 2.45) is 5.92 Å². The molecule has 1 aliphatic heterocycles. The average molecular weight is 367 g/mol. The van der Waals surface area contributed by atoms with E-state index < -0.39 is 0 Å². The van der Waals surface area contributed by atoms with Crippen LogP contribution < -0.4 is 0 Å². The highest BCUT2D eigenvalue weighted by Gasteiger charge is 2.18. The zero-order valence-electron chi connectivity index (χ0n) is 18.6. The summed E-state index contributed by atoms with van der Waals surface area (Å²) in [5.41, 5.74) is 0. The van der Waals surface area contributed by atoms with Crippen molar-refractivity contribution in [3.8, 4) is 0 Å². The zero-order chi connectivity index (χ0) is 18.9. The largest absolute Gasteiger partial charge is 0.289 e. The minimum atomic E-state index is 0.842. The maximum atomic E-state index is 2.67. The number of unbranched alkanes of at least 4 members (excludes halogenated alkanes) is 13. The standard InChI is InChI=1S/C24H50N2/c1-4-5-6-7-8-9-10-11-12-13-14-15-16-17-19-25-21-22-26(23-25)20-18-24(2)3/h24H,4-23H2,1-3H3. The van der Waals surface area contributed by atoms with Gasteiger partial charge in [-0.05, 0) is 31.8 Å². The van der Waals surface area contributed by atoms with Gasteiger partial charge in [0, 0.05) is 13.1 Å². The Bertz CT molecular complexity index is 290. The van der Waals surface area contributed by atoms with Crippen LogP contribution in [0.15, 0.2) is 0 Å². The van der Waals surface area contributed by atoms with E-state index in [9.17, 15) is 0 Å². The topological polar surface area (TPSA) is 6.48 Å². The van der Waals surface area contributed by atoms with E-state index in [0.717, 1.165) is 5.92 Å². The molecule has 0 aromatic heterocycles. The number of hydrogen-bond donors (Lipinski definition) is 0. The van der Waals surface area contributed by atoms with Crippen LogP contribution in [0.25, 0.3) is 0 Å². The van der Waals surface area contributed by atoms with E-state index >= 15 is 0 Å². The van der Waals surface area contributed by atoms with Gasteiger partial charge in [-0.25, -0.2) is 0 Å². The first-order valence-electron chi connectivity index (χ1n) is 12.2. The van der Waals surface area contributed by atoms with E-state index in [1.807, 2.05) is 0 Å². The average Bonchev–Trinajstić information content (AvgIpc) is 3.08. The van der Waals surface area contributed by atoms with Crippen molar-refractivity contribution >= 4 is 0 Å². The van der Waals surface area contributed by atoms with Crippen LogP contribution in [0.4, 0.5) is 0 Å². The van der Waals surface area contributed by atoms with Crippen LogP contribution in [-0.2, 0) is 0 Å². The van der Waals surface area contributed by atoms with Gasteiger partial charge in [-0.15, -0.1) is 0 Å². The first kappa shape index (κ1) is 24.0. The van der Waals surface area contributed by atoms with E-state index in [1.165, 1.54) is 129 Å². The highest BCUT2D eigenvalue weighted by molar-refractivity contribution is 4.71. The molecule has 26 heavy (non-hydrogen) atoms. The molecule has 0 atom stereocenters. The van der Waals surface area contributed by atoms with Gasteiger partial charge in [-0.2, -0.15) is 0 Å². The molecule has 1 fully saturated rings. The Morgan fingerprint density at radius 3 is 1.46 bits per heavy atom. The predicted octanol–water partition coefficient (Wildman–Crippen LogP) is 7.09. The molecule has 0 spiro atoms. The number of nitrogens with zero attached hydrogens (tertiary/aromatic N) is 2. The van der Waals surface area contributed by atoms with E-state index in [0.29, 0.717) is 0 Å². The Hall–Kier alpha value is -0.0800. The molecule has 0 radical (unpaired) electrons. The van der Waals surface area contributed by atoms with E-state index in [1.54, 1.807) is 0 Å². The van der Waals surface area contributed by atoms with Crippen LogP contribution in [0.2, 0.25) is 0 Å². The fourth-order valence-corrected chi connectivity index (χ4v) is 4.04. The van der Waals surface area contributed by atoms with Crippen LogP contribution in [0.5, 0.6) is 0 Å². The highest BCUT2D eigenvalue weighted by Crippen LogP contribution is 2.14. The van der Waals surface area contributed by atoms with Crippen molar-refractivity contribution in [2.75, 3.05) is 32.8 Å². The molecule has 1 rings (SSSR count). The third-order valence-corrected chi connectivity index (χ3v) is 5.98. The first-order chi connectivity index (χ1) is 12.7. The molecule has 2 nitrogen and oxygen atoms in total. The highest BCUT2D eigenvalue weighted by atomic mass is 15.4. The summed E-state index contributed by atoms with van der Waals surface area (Å²) in [6.07, 6.45) is 21.8. The van der Waals surface area contributed by atoms with Gasteiger partial charge in [0.05, 0.1) is 6.67 Å².